The molecule has 1 fully saturated rings. The van der Waals surface area contributed by atoms with Gasteiger partial charge in [-0.05, 0) is 32.1 Å². The van der Waals surface area contributed by atoms with Crippen molar-refractivity contribution in [1.82, 2.24) is 0 Å². The van der Waals surface area contributed by atoms with Crippen LogP contribution in [-0.4, -0.2) is 23.9 Å². The van der Waals surface area contributed by atoms with Crippen LogP contribution in [0.25, 0.3) is 0 Å². The maximum atomic E-state index is 9.68. The fraction of sp³-hybridized carbons (Fsp3) is 1.00. The van der Waals surface area contributed by atoms with E-state index in [0.29, 0.717) is 0 Å². The summed E-state index contributed by atoms with van der Waals surface area (Å²) in [6.07, 6.45) is 4.27. The zero-order chi connectivity index (χ0) is 8.97. The van der Waals surface area contributed by atoms with Crippen molar-refractivity contribution >= 4 is 0 Å². The SMILES string of the molecule is CCOC1CCC(CC)CC1O. The average molecular weight is 172 g/mol. The van der Waals surface area contributed by atoms with Crippen LogP contribution in [0, 0.1) is 5.92 Å². The summed E-state index contributed by atoms with van der Waals surface area (Å²) in [7, 11) is 0. The molecule has 3 unspecified atom stereocenters. The van der Waals surface area contributed by atoms with E-state index in [4.69, 9.17) is 4.74 Å². The standard InChI is InChI=1S/C10H20O2/c1-3-8-5-6-10(12-4-2)9(11)7-8/h8-11H,3-7H2,1-2H3. The molecule has 1 rings (SSSR count). The fourth-order valence-corrected chi connectivity index (χ4v) is 1.98. The Kier molecular flexibility index (Phi) is 4.02. The van der Waals surface area contributed by atoms with E-state index in [-0.39, 0.29) is 12.2 Å². The molecule has 0 spiro atoms. The van der Waals surface area contributed by atoms with Crippen LogP contribution in [-0.2, 0) is 4.74 Å². The fourth-order valence-electron chi connectivity index (χ4n) is 1.98. The highest BCUT2D eigenvalue weighted by molar-refractivity contribution is 4.79. The highest BCUT2D eigenvalue weighted by Crippen LogP contribution is 2.28. The molecule has 2 nitrogen and oxygen atoms in total. The van der Waals surface area contributed by atoms with Crippen molar-refractivity contribution in [3.63, 3.8) is 0 Å². The molecule has 1 aliphatic carbocycles. The Balaban J connectivity index is 2.31. The summed E-state index contributed by atoms with van der Waals surface area (Å²) in [5.74, 6) is 0.719. The third-order valence-corrected chi connectivity index (χ3v) is 2.82. The van der Waals surface area contributed by atoms with Gasteiger partial charge in [-0.15, -0.1) is 0 Å². The third-order valence-electron chi connectivity index (χ3n) is 2.82. The molecule has 0 radical (unpaired) electrons. The lowest BCUT2D eigenvalue weighted by Crippen LogP contribution is -2.35. The van der Waals surface area contributed by atoms with Crippen LogP contribution in [0.4, 0.5) is 0 Å². The van der Waals surface area contributed by atoms with Gasteiger partial charge in [-0.25, -0.2) is 0 Å². The molecule has 0 aromatic carbocycles. The first-order valence-electron chi connectivity index (χ1n) is 5.07. The van der Waals surface area contributed by atoms with Gasteiger partial charge in [0.2, 0.25) is 0 Å². The average Bonchev–Trinajstić information content (AvgIpc) is 2.09. The number of rotatable bonds is 3. The van der Waals surface area contributed by atoms with Crippen LogP contribution in [0.2, 0.25) is 0 Å². The van der Waals surface area contributed by atoms with E-state index in [1.165, 1.54) is 12.8 Å². The second-order valence-electron chi connectivity index (χ2n) is 3.65. The summed E-state index contributed by atoms with van der Waals surface area (Å²) >= 11 is 0. The van der Waals surface area contributed by atoms with Crippen molar-refractivity contribution in [2.24, 2.45) is 5.92 Å². The van der Waals surface area contributed by atoms with Gasteiger partial charge in [0.1, 0.15) is 0 Å². The Morgan fingerprint density at radius 3 is 2.58 bits per heavy atom. The van der Waals surface area contributed by atoms with Crippen LogP contribution in [0.15, 0.2) is 0 Å². The Morgan fingerprint density at radius 1 is 1.33 bits per heavy atom. The van der Waals surface area contributed by atoms with E-state index in [2.05, 4.69) is 6.92 Å². The van der Waals surface area contributed by atoms with Crippen molar-refractivity contribution in [3.05, 3.63) is 0 Å². The monoisotopic (exact) mass is 172 g/mol. The molecule has 1 N–H and O–H groups in total. The van der Waals surface area contributed by atoms with E-state index >= 15 is 0 Å². The molecule has 0 aromatic rings. The van der Waals surface area contributed by atoms with E-state index in [1.54, 1.807) is 0 Å². The van der Waals surface area contributed by atoms with Gasteiger partial charge in [-0.3, -0.25) is 0 Å². The predicted molar refractivity (Wildman–Crippen MR) is 49.1 cm³/mol. The highest BCUT2D eigenvalue weighted by atomic mass is 16.5. The van der Waals surface area contributed by atoms with Crippen molar-refractivity contribution in [3.8, 4) is 0 Å². The first kappa shape index (κ1) is 10.0. The maximum Gasteiger partial charge on any atom is 0.0834 e. The maximum absolute atomic E-state index is 9.68. The summed E-state index contributed by atoms with van der Waals surface area (Å²) in [4.78, 5) is 0. The van der Waals surface area contributed by atoms with E-state index in [1.807, 2.05) is 6.92 Å². The second-order valence-corrected chi connectivity index (χ2v) is 3.65. The Morgan fingerprint density at radius 2 is 2.08 bits per heavy atom. The lowest BCUT2D eigenvalue weighted by atomic mass is 9.84. The Hall–Kier alpha value is -0.0800. The third kappa shape index (κ3) is 2.46. The normalized spacial score (nSPS) is 36.8. The van der Waals surface area contributed by atoms with Gasteiger partial charge >= 0.3 is 0 Å². The van der Waals surface area contributed by atoms with Crippen molar-refractivity contribution < 1.29 is 9.84 Å². The molecule has 72 valence electrons. The first-order valence-corrected chi connectivity index (χ1v) is 5.07. The molecule has 1 saturated carbocycles. The quantitative estimate of drug-likeness (QED) is 0.705. The molecule has 0 aliphatic heterocycles. The molecular weight excluding hydrogens is 152 g/mol. The molecular formula is C10H20O2. The first-order chi connectivity index (χ1) is 5.77. The van der Waals surface area contributed by atoms with Gasteiger partial charge in [0, 0.05) is 6.61 Å². The van der Waals surface area contributed by atoms with E-state index < -0.39 is 0 Å². The van der Waals surface area contributed by atoms with Crippen molar-refractivity contribution in [2.75, 3.05) is 6.61 Å². The van der Waals surface area contributed by atoms with Gasteiger partial charge in [0.25, 0.3) is 0 Å². The number of hydrogen-bond donors (Lipinski definition) is 1. The molecule has 3 atom stereocenters. The number of aliphatic hydroxyl groups is 1. The van der Waals surface area contributed by atoms with Crippen molar-refractivity contribution in [2.45, 2.75) is 51.7 Å². The van der Waals surface area contributed by atoms with E-state index in [9.17, 15) is 5.11 Å². The molecule has 2 heteroatoms. The molecule has 0 aromatic heterocycles. The van der Waals surface area contributed by atoms with Crippen LogP contribution >= 0.6 is 0 Å². The van der Waals surface area contributed by atoms with Gasteiger partial charge in [-0.2, -0.15) is 0 Å². The van der Waals surface area contributed by atoms with Crippen LogP contribution in [0.5, 0.6) is 0 Å². The smallest absolute Gasteiger partial charge is 0.0834 e. The minimum absolute atomic E-state index is 0.109. The number of ether oxygens (including phenoxy) is 1. The lowest BCUT2D eigenvalue weighted by molar-refractivity contribution is -0.0666. The summed E-state index contributed by atoms with van der Waals surface area (Å²) in [6, 6.07) is 0. The molecule has 1 aliphatic rings. The van der Waals surface area contributed by atoms with Gasteiger partial charge < -0.3 is 9.84 Å². The van der Waals surface area contributed by atoms with Crippen molar-refractivity contribution in [1.29, 1.82) is 0 Å². The summed E-state index contributed by atoms with van der Waals surface area (Å²) in [6.45, 7) is 4.90. The van der Waals surface area contributed by atoms with Gasteiger partial charge in [-0.1, -0.05) is 13.3 Å². The molecule has 0 saturated heterocycles. The van der Waals surface area contributed by atoms with Crippen LogP contribution in [0.1, 0.15) is 39.5 Å². The molecule has 0 heterocycles. The predicted octanol–water partition coefficient (Wildman–Crippen LogP) is 1.96. The summed E-state index contributed by atoms with van der Waals surface area (Å²) in [5.41, 5.74) is 0. The zero-order valence-electron chi connectivity index (χ0n) is 8.12. The van der Waals surface area contributed by atoms with Gasteiger partial charge in [0.05, 0.1) is 12.2 Å². The van der Waals surface area contributed by atoms with Gasteiger partial charge in [0.15, 0.2) is 0 Å². The summed E-state index contributed by atoms with van der Waals surface area (Å²) < 4.78 is 5.44. The lowest BCUT2D eigenvalue weighted by Gasteiger charge is -2.32. The molecule has 0 amide bonds. The van der Waals surface area contributed by atoms with E-state index in [0.717, 1.165) is 25.4 Å². The Labute approximate surface area is 74.9 Å². The minimum atomic E-state index is -0.219. The Bertz CT molecular complexity index is 125. The van der Waals surface area contributed by atoms with Crippen LogP contribution < -0.4 is 0 Å². The summed E-state index contributed by atoms with van der Waals surface area (Å²) in [5, 5.41) is 9.68. The molecule has 12 heavy (non-hydrogen) atoms. The minimum Gasteiger partial charge on any atom is -0.390 e. The second kappa shape index (κ2) is 4.83. The van der Waals surface area contributed by atoms with Crippen LogP contribution in [0.3, 0.4) is 0 Å². The highest BCUT2D eigenvalue weighted by Gasteiger charge is 2.28. The largest absolute Gasteiger partial charge is 0.390 e. The topological polar surface area (TPSA) is 29.5 Å². The molecule has 0 bridgehead atoms. The number of hydrogen-bond acceptors (Lipinski definition) is 2. The zero-order valence-corrected chi connectivity index (χ0v) is 8.12. The number of aliphatic hydroxyl groups excluding tert-OH is 1.